The van der Waals surface area contributed by atoms with E-state index in [1.54, 1.807) is 0 Å². The van der Waals surface area contributed by atoms with Gasteiger partial charge in [0, 0.05) is 0 Å². The van der Waals surface area contributed by atoms with Gasteiger partial charge in [-0.3, -0.25) is 0 Å². The van der Waals surface area contributed by atoms with Gasteiger partial charge < -0.3 is 34.8 Å². The van der Waals surface area contributed by atoms with Crippen LogP contribution in [0.3, 0.4) is 0 Å². The SMILES string of the molecule is O=C([S-])S.O=C([S-])S.[Zn+2]. The van der Waals surface area contributed by atoms with Crippen molar-refractivity contribution in [2.75, 3.05) is 0 Å². The minimum atomic E-state index is -0.556. The maximum absolute atomic E-state index is 9.12. The molecule has 0 aliphatic heterocycles. The van der Waals surface area contributed by atoms with Crippen molar-refractivity contribution in [3.63, 3.8) is 0 Å². The molecule has 0 saturated heterocycles. The summed E-state index contributed by atoms with van der Waals surface area (Å²) >= 11 is 14.0. The molecule has 0 bridgehead atoms. The van der Waals surface area contributed by atoms with Crippen molar-refractivity contribution in [2.45, 2.75) is 0 Å². The predicted molar refractivity (Wildman–Crippen MR) is 43.5 cm³/mol. The number of thiol groups is 2. The summed E-state index contributed by atoms with van der Waals surface area (Å²) < 4.78 is -1.11. The molecule has 0 rings (SSSR count). The Kier molecular flexibility index (Phi) is 21.8. The van der Waals surface area contributed by atoms with E-state index < -0.39 is 8.89 Å². The quantitative estimate of drug-likeness (QED) is 0.385. The maximum Gasteiger partial charge on any atom is 2.00 e. The van der Waals surface area contributed by atoms with Crippen LogP contribution in [0.4, 0.5) is 9.59 Å². The molecule has 0 atom stereocenters. The molecule has 0 N–H and O–H groups in total. The first-order chi connectivity index (χ1) is 3.46. The van der Waals surface area contributed by atoms with Crippen LogP contribution in [0.15, 0.2) is 0 Å². The van der Waals surface area contributed by atoms with Crippen LogP contribution in [0, 0.1) is 0 Å². The first-order valence-corrected chi connectivity index (χ1v) is 2.97. The van der Waals surface area contributed by atoms with Crippen LogP contribution in [0.2, 0.25) is 0 Å². The van der Waals surface area contributed by atoms with Crippen molar-refractivity contribution in [2.24, 2.45) is 0 Å². The summed E-state index contributed by atoms with van der Waals surface area (Å²) in [7, 11) is 0. The number of hydrogen-bond donors (Lipinski definition) is 2. The Bertz CT molecular complexity index is 74.6. The number of rotatable bonds is 0. The van der Waals surface area contributed by atoms with E-state index >= 15 is 0 Å². The Hall–Kier alpha value is 1.10. The zero-order chi connectivity index (χ0) is 7.15. The van der Waals surface area contributed by atoms with Gasteiger partial charge in [0.2, 0.25) is 0 Å². The molecule has 7 heteroatoms. The Labute approximate surface area is 87.9 Å². The van der Waals surface area contributed by atoms with E-state index in [1.165, 1.54) is 0 Å². The van der Waals surface area contributed by atoms with Crippen LogP contribution < -0.4 is 0 Å². The summed E-state index contributed by atoms with van der Waals surface area (Å²) in [6.07, 6.45) is 0. The summed E-state index contributed by atoms with van der Waals surface area (Å²) in [6.45, 7) is 0. The van der Waals surface area contributed by atoms with Crippen LogP contribution in [-0.2, 0) is 44.7 Å². The zero-order valence-corrected chi connectivity index (χ0v) is 10.6. The molecule has 0 aliphatic carbocycles. The third kappa shape index (κ3) is 377. The molecule has 0 aliphatic rings. The van der Waals surface area contributed by atoms with Crippen LogP contribution in [0.5, 0.6) is 0 Å². The summed E-state index contributed by atoms with van der Waals surface area (Å²) in [5, 5.41) is 0. The van der Waals surface area contributed by atoms with E-state index in [4.69, 9.17) is 9.59 Å². The molecular formula is C2H2O2S4Zn. The monoisotopic (exact) mass is 250 g/mol. The number of carbonyl (C=O) groups is 2. The molecule has 0 aromatic rings. The summed E-state index contributed by atoms with van der Waals surface area (Å²) in [6, 6.07) is 0. The Morgan fingerprint density at radius 2 is 1.00 bits per heavy atom. The van der Waals surface area contributed by atoms with E-state index in [-0.39, 0.29) is 19.5 Å². The van der Waals surface area contributed by atoms with E-state index in [1.807, 2.05) is 0 Å². The molecule has 0 spiro atoms. The molecule has 0 aromatic heterocycles. The molecule has 9 heavy (non-hydrogen) atoms. The molecule has 48 valence electrons. The molecule has 2 nitrogen and oxygen atoms in total. The van der Waals surface area contributed by atoms with E-state index in [9.17, 15) is 0 Å². The van der Waals surface area contributed by atoms with Gasteiger partial charge in [-0.2, -0.15) is 0 Å². The topological polar surface area (TPSA) is 34.1 Å². The number of hydrogen-bond acceptors (Lipinski definition) is 4. The van der Waals surface area contributed by atoms with Crippen molar-refractivity contribution in [1.29, 1.82) is 0 Å². The van der Waals surface area contributed by atoms with Crippen molar-refractivity contribution in [3.8, 4) is 0 Å². The van der Waals surface area contributed by atoms with Crippen LogP contribution in [-0.4, -0.2) is 8.89 Å². The first-order valence-electron chi connectivity index (χ1n) is 1.26. The summed E-state index contributed by atoms with van der Waals surface area (Å²) in [5.74, 6) is 0. The largest absolute Gasteiger partial charge is 2.00 e. The third-order valence-electron chi connectivity index (χ3n) is 0. The molecule has 0 unspecified atom stereocenters. The predicted octanol–water partition coefficient (Wildman–Crippen LogP) is 1.16. The number of carbonyl (C=O) groups excluding carboxylic acids is 2. The molecule has 0 amide bonds. The maximum atomic E-state index is 9.12. The first kappa shape index (κ1) is 16.6. The fourth-order valence-electron chi connectivity index (χ4n) is 0. The van der Waals surface area contributed by atoms with Crippen molar-refractivity contribution in [3.05, 3.63) is 0 Å². The van der Waals surface area contributed by atoms with Crippen molar-refractivity contribution >= 4 is 59.4 Å². The molecule has 0 radical (unpaired) electrons. The fourth-order valence-corrected chi connectivity index (χ4v) is 0. The smallest absolute Gasteiger partial charge is 0.731 e. The van der Waals surface area contributed by atoms with E-state index in [2.05, 4.69) is 50.5 Å². The zero-order valence-electron chi connectivity index (χ0n) is 4.23. The van der Waals surface area contributed by atoms with Crippen LogP contribution in [0.1, 0.15) is 0 Å². The second-order valence-corrected chi connectivity index (χ2v) is 2.69. The Balaban J connectivity index is -0.0000000720. The minimum Gasteiger partial charge on any atom is -0.731 e. The van der Waals surface area contributed by atoms with E-state index in [0.29, 0.717) is 0 Å². The van der Waals surface area contributed by atoms with Gasteiger partial charge in [-0.15, -0.1) is 25.3 Å². The second kappa shape index (κ2) is 11.8. The Morgan fingerprint density at radius 3 is 1.00 bits per heavy atom. The van der Waals surface area contributed by atoms with Gasteiger partial charge in [-0.25, -0.2) is 0 Å². The molecule has 0 heterocycles. The second-order valence-electron chi connectivity index (χ2n) is 0.532. The van der Waals surface area contributed by atoms with Crippen molar-refractivity contribution < 1.29 is 29.1 Å². The van der Waals surface area contributed by atoms with Gasteiger partial charge in [-0.1, -0.05) is 0 Å². The van der Waals surface area contributed by atoms with Crippen LogP contribution >= 0.6 is 25.3 Å². The van der Waals surface area contributed by atoms with E-state index in [0.717, 1.165) is 0 Å². The van der Waals surface area contributed by atoms with Gasteiger partial charge in [0.05, 0.1) is 8.89 Å². The fraction of sp³-hybridized carbons (Fsp3) is 0. The van der Waals surface area contributed by atoms with Gasteiger partial charge in [-0.05, 0) is 0 Å². The van der Waals surface area contributed by atoms with Gasteiger partial charge in [0.1, 0.15) is 0 Å². The molecule has 0 saturated carbocycles. The Morgan fingerprint density at radius 1 is 1.00 bits per heavy atom. The van der Waals surface area contributed by atoms with Crippen molar-refractivity contribution in [1.82, 2.24) is 0 Å². The molecule has 0 fully saturated rings. The average molecular weight is 252 g/mol. The normalized spacial score (nSPS) is 5.56. The van der Waals surface area contributed by atoms with Crippen LogP contribution in [0.25, 0.3) is 0 Å². The molecular weight excluding hydrogens is 250 g/mol. The summed E-state index contributed by atoms with van der Waals surface area (Å²) in [4.78, 5) is 18.2. The van der Waals surface area contributed by atoms with Gasteiger partial charge >= 0.3 is 19.5 Å². The standard InChI is InChI=1S/2CH2OS2.Zn/c2*2-1(3)4;/h2*(H2,2,3,4);/q;;+2/p-2. The molecule has 0 aromatic carbocycles. The van der Waals surface area contributed by atoms with Gasteiger partial charge in [0.15, 0.2) is 0 Å². The minimum absolute atomic E-state index is 0. The van der Waals surface area contributed by atoms with Gasteiger partial charge in [0.25, 0.3) is 0 Å². The summed E-state index contributed by atoms with van der Waals surface area (Å²) in [5.41, 5.74) is 0. The average Bonchev–Trinajstić information content (AvgIpc) is 1.25. The third-order valence-corrected chi connectivity index (χ3v) is 0.